The zero-order chi connectivity index (χ0) is 21.8. The molecule has 0 bridgehead atoms. The smallest absolute Gasteiger partial charge is 0.284 e. The third-order valence-electron chi connectivity index (χ3n) is 6.26. The van der Waals surface area contributed by atoms with Crippen LogP contribution >= 0.6 is 11.3 Å². The Morgan fingerprint density at radius 1 is 1.23 bits per heavy atom. The SMILES string of the molecule is CCCCC(Cc1c[nH]c2ccccc12)N(C)C(=O)c1nnc(N2CCN(C)CC2)s1. The van der Waals surface area contributed by atoms with Crippen LogP contribution in [0, 0.1) is 0 Å². The maximum absolute atomic E-state index is 13.3. The zero-order valence-electron chi connectivity index (χ0n) is 18.7. The van der Waals surface area contributed by atoms with Gasteiger partial charge >= 0.3 is 0 Å². The minimum atomic E-state index is -0.0289. The van der Waals surface area contributed by atoms with Crippen LogP contribution in [-0.4, -0.2) is 77.2 Å². The molecule has 1 fully saturated rings. The molecule has 2 aromatic heterocycles. The molecule has 3 heterocycles. The molecule has 8 heteroatoms. The topological polar surface area (TPSA) is 68.4 Å². The Kier molecular flexibility index (Phi) is 6.87. The van der Waals surface area contributed by atoms with Crippen LogP contribution in [0.4, 0.5) is 5.13 Å². The molecule has 1 aliphatic rings. The molecule has 0 radical (unpaired) electrons. The van der Waals surface area contributed by atoms with Crippen LogP contribution in [0.3, 0.4) is 0 Å². The maximum atomic E-state index is 13.3. The van der Waals surface area contributed by atoms with E-state index >= 15 is 0 Å². The van der Waals surface area contributed by atoms with Crippen molar-refractivity contribution in [3.8, 4) is 0 Å². The summed E-state index contributed by atoms with van der Waals surface area (Å²) in [6.07, 6.45) is 6.09. The van der Waals surface area contributed by atoms with E-state index in [0.29, 0.717) is 5.01 Å². The van der Waals surface area contributed by atoms with E-state index in [9.17, 15) is 4.79 Å². The molecule has 1 aromatic carbocycles. The van der Waals surface area contributed by atoms with Gasteiger partial charge < -0.3 is 19.7 Å². The molecule has 3 aromatic rings. The van der Waals surface area contributed by atoms with E-state index < -0.39 is 0 Å². The van der Waals surface area contributed by atoms with Crippen molar-refractivity contribution in [2.45, 2.75) is 38.6 Å². The summed E-state index contributed by atoms with van der Waals surface area (Å²) in [7, 11) is 4.04. The van der Waals surface area contributed by atoms with Crippen molar-refractivity contribution in [3.05, 3.63) is 41.0 Å². The maximum Gasteiger partial charge on any atom is 0.284 e. The highest BCUT2D eigenvalue weighted by molar-refractivity contribution is 7.17. The van der Waals surface area contributed by atoms with Crippen molar-refractivity contribution in [2.75, 3.05) is 45.2 Å². The zero-order valence-corrected chi connectivity index (χ0v) is 19.5. The average Bonchev–Trinajstić information content (AvgIpc) is 3.44. The van der Waals surface area contributed by atoms with Crippen molar-refractivity contribution in [3.63, 3.8) is 0 Å². The van der Waals surface area contributed by atoms with E-state index in [0.717, 1.165) is 62.5 Å². The Bertz CT molecular complexity index is 1010. The molecule has 1 aliphatic heterocycles. The third-order valence-corrected chi connectivity index (χ3v) is 7.23. The Balaban J connectivity index is 1.49. The summed E-state index contributed by atoms with van der Waals surface area (Å²) in [5.74, 6) is -0.0289. The number of piperazine rings is 1. The van der Waals surface area contributed by atoms with Crippen LogP contribution in [0.15, 0.2) is 30.5 Å². The van der Waals surface area contributed by atoms with Gasteiger partial charge in [-0.2, -0.15) is 0 Å². The molecule has 166 valence electrons. The number of rotatable bonds is 8. The minimum Gasteiger partial charge on any atom is -0.361 e. The Morgan fingerprint density at radius 3 is 2.77 bits per heavy atom. The number of benzene rings is 1. The lowest BCUT2D eigenvalue weighted by Crippen LogP contribution is -2.44. The van der Waals surface area contributed by atoms with Gasteiger partial charge in [-0.25, -0.2) is 0 Å². The van der Waals surface area contributed by atoms with Crippen LogP contribution in [0.2, 0.25) is 0 Å². The normalized spacial score (nSPS) is 16.0. The predicted molar refractivity (Wildman–Crippen MR) is 127 cm³/mol. The van der Waals surface area contributed by atoms with Gasteiger partial charge in [0.15, 0.2) is 0 Å². The molecule has 1 amide bonds. The minimum absolute atomic E-state index is 0.0289. The first kappa shape index (κ1) is 21.8. The first-order valence-electron chi connectivity index (χ1n) is 11.2. The van der Waals surface area contributed by atoms with Crippen molar-refractivity contribution in [1.82, 2.24) is 25.0 Å². The largest absolute Gasteiger partial charge is 0.361 e. The monoisotopic (exact) mass is 440 g/mol. The molecule has 7 nitrogen and oxygen atoms in total. The van der Waals surface area contributed by atoms with Gasteiger partial charge in [0.25, 0.3) is 5.91 Å². The second-order valence-corrected chi connectivity index (χ2v) is 9.41. The second kappa shape index (κ2) is 9.78. The Morgan fingerprint density at radius 2 is 2.00 bits per heavy atom. The number of fused-ring (bicyclic) bond motifs is 1. The fourth-order valence-electron chi connectivity index (χ4n) is 4.17. The summed E-state index contributed by atoms with van der Waals surface area (Å²) in [6, 6.07) is 8.47. The Hall–Kier alpha value is -2.45. The lowest BCUT2D eigenvalue weighted by Gasteiger charge is -2.31. The van der Waals surface area contributed by atoms with E-state index in [4.69, 9.17) is 0 Å². The first-order chi connectivity index (χ1) is 15.1. The second-order valence-electron chi connectivity index (χ2n) is 8.46. The third kappa shape index (κ3) is 4.91. The summed E-state index contributed by atoms with van der Waals surface area (Å²) in [5.41, 5.74) is 2.40. The number of carbonyl (C=O) groups excluding carboxylic acids is 1. The summed E-state index contributed by atoms with van der Waals surface area (Å²) >= 11 is 1.42. The molecular formula is C23H32N6OS. The van der Waals surface area contributed by atoms with E-state index in [1.54, 1.807) is 0 Å². The van der Waals surface area contributed by atoms with Crippen molar-refractivity contribution >= 4 is 33.3 Å². The number of nitrogens with one attached hydrogen (secondary N) is 1. The number of aromatic amines is 1. The quantitative estimate of drug-likeness (QED) is 0.579. The van der Waals surface area contributed by atoms with Gasteiger partial charge in [0.05, 0.1) is 0 Å². The molecule has 0 spiro atoms. The van der Waals surface area contributed by atoms with E-state index in [1.165, 1.54) is 22.3 Å². The molecular weight excluding hydrogens is 408 g/mol. The fraction of sp³-hybridized carbons (Fsp3) is 0.522. The highest BCUT2D eigenvalue weighted by Crippen LogP contribution is 2.26. The van der Waals surface area contributed by atoms with Gasteiger partial charge in [-0.1, -0.05) is 49.3 Å². The highest BCUT2D eigenvalue weighted by atomic mass is 32.1. The number of carbonyl (C=O) groups is 1. The lowest BCUT2D eigenvalue weighted by atomic mass is 9.99. The number of hydrogen-bond acceptors (Lipinski definition) is 6. The summed E-state index contributed by atoms with van der Waals surface area (Å²) < 4.78 is 0. The first-order valence-corrected chi connectivity index (χ1v) is 12.0. The number of amides is 1. The van der Waals surface area contributed by atoms with E-state index in [1.807, 2.05) is 18.0 Å². The molecule has 1 N–H and O–H groups in total. The Labute approximate surface area is 188 Å². The number of hydrogen-bond donors (Lipinski definition) is 1. The van der Waals surface area contributed by atoms with Gasteiger partial charge in [0.1, 0.15) is 0 Å². The van der Waals surface area contributed by atoms with Crippen LogP contribution in [0.25, 0.3) is 10.9 Å². The van der Waals surface area contributed by atoms with Gasteiger partial charge in [-0.15, -0.1) is 10.2 Å². The van der Waals surface area contributed by atoms with Gasteiger partial charge in [0.2, 0.25) is 10.1 Å². The van der Waals surface area contributed by atoms with Gasteiger partial charge in [-0.05, 0) is 31.5 Å². The molecule has 0 saturated carbocycles. The average molecular weight is 441 g/mol. The molecule has 0 aliphatic carbocycles. The van der Waals surface area contributed by atoms with E-state index in [2.05, 4.69) is 63.3 Å². The van der Waals surface area contributed by atoms with Crippen molar-refractivity contribution < 1.29 is 4.79 Å². The van der Waals surface area contributed by atoms with Crippen LogP contribution in [0.1, 0.15) is 41.6 Å². The molecule has 31 heavy (non-hydrogen) atoms. The van der Waals surface area contributed by atoms with Crippen molar-refractivity contribution in [2.24, 2.45) is 0 Å². The van der Waals surface area contributed by atoms with Crippen LogP contribution in [0.5, 0.6) is 0 Å². The molecule has 4 rings (SSSR count). The fourth-order valence-corrected chi connectivity index (χ4v) is 5.05. The number of unbranched alkanes of at least 4 members (excludes halogenated alkanes) is 1. The van der Waals surface area contributed by atoms with Crippen molar-refractivity contribution in [1.29, 1.82) is 0 Å². The van der Waals surface area contributed by atoms with Gasteiger partial charge in [-0.3, -0.25) is 4.79 Å². The summed E-state index contributed by atoms with van der Waals surface area (Å²) in [4.78, 5) is 23.1. The number of H-pyrrole nitrogens is 1. The summed E-state index contributed by atoms with van der Waals surface area (Å²) in [6.45, 7) is 6.06. The van der Waals surface area contributed by atoms with Gasteiger partial charge in [0, 0.05) is 56.4 Å². The molecule has 1 unspecified atom stereocenters. The van der Waals surface area contributed by atoms with Crippen LogP contribution < -0.4 is 4.90 Å². The standard InChI is InChI=1S/C23H32N6OS/c1-4-5-8-18(15-17-16-24-20-10-7-6-9-19(17)20)28(3)22(30)21-25-26-23(31-21)29-13-11-27(2)12-14-29/h6-7,9-10,16,18,24H,4-5,8,11-15H2,1-3H3. The number of likely N-dealkylation sites (N-methyl/N-ethyl adjacent to an activating group) is 2. The van der Waals surface area contributed by atoms with Crippen LogP contribution in [-0.2, 0) is 6.42 Å². The summed E-state index contributed by atoms with van der Waals surface area (Å²) in [5, 5.41) is 11.2. The molecule has 1 atom stereocenters. The lowest BCUT2D eigenvalue weighted by molar-refractivity contribution is 0.0720. The highest BCUT2D eigenvalue weighted by Gasteiger charge is 2.26. The number of anilines is 1. The number of para-hydroxylation sites is 1. The molecule has 1 saturated heterocycles. The van der Waals surface area contributed by atoms with E-state index in [-0.39, 0.29) is 11.9 Å². The number of nitrogens with zero attached hydrogens (tertiary/aromatic N) is 5. The number of aromatic nitrogens is 3. The predicted octanol–water partition coefficient (Wildman–Crippen LogP) is 3.64.